The molecule has 0 spiro atoms. The Morgan fingerprint density at radius 2 is 1.52 bits per heavy atom. The first-order valence-electron chi connectivity index (χ1n) is 23.2. The summed E-state index contributed by atoms with van der Waals surface area (Å²) >= 11 is 1.22. The third kappa shape index (κ3) is 11.5. The zero-order valence-corrected chi connectivity index (χ0v) is 42.9. The van der Waals surface area contributed by atoms with Crippen molar-refractivity contribution in [1.29, 1.82) is 0 Å². The molecule has 0 radical (unpaired) electrons. The maximum atomic E-state index is 13.8. The van der Waals surface area contributed by atoms with Gasteiger partial charge in [0.05, 0.1) is 16.5 Å². The van der Waals surface area contributed by atoms with E-state index in [1.165, 1.54) is 11.3 Å². The number of fused-ring (bicyclic) bond motifs is 2. The van der Waals surface area contributed by atoms with Crippen LogP contribution in [0.4, 0.5) is 10.5 Å². The van der Waals surface area contributed by atoms with Gasteiger partial charge in [-0.05, 0) is 90.4 Å². The molecule has 3 N–H and O–H groups in total. The largest absolute Gasteiger partial charge is 0.542 e. The van der Waals surface area contributed by atoms with Crippen LogP contribution in [0.5, 0.6) is 5.75 Å². The van der Waals surface area contributed by atoms with E-state index in [0.717, 1.165) is 93.9 Å². The number of aromatic nitrogens is 1. The molecule has 7 rings (SSSR count). The molecule has 14 heteroatoms. The molecular formula is C51H69N5O6SSi2. The number of rotatable bonds is 15. The number of hydrogen-bond donors (Lipinski definition) is 3. The molecule has 5 aromatic rings. The lowest BCUT2D eigenvalue weighted by atomic mass is 9.96. The van der Waals surface area contributed by atoms with Gasteiger partial charge in [-0.2, -0.15) is 0 Å². The number of nitrogens with zero attached hydrogens (tertiary/aromatic N) is 2. The van der Waals surface area contributed by atoms with E-state index in [9.17, 15) is 14.4 Å². The van der Waals surface area contributed by atoms with Crippen molar-refractivity contribution in [3.8, 4) is 16.9 Å². The number of likely N-dealkylation sites (tertiary alicyclic amines) is 1. The van der Waals surface area contributed by atoms with Crippen molar-refractivity contribution in [2.24, 2.45) is 0 Å². The Balaban J connectivity index is 0.926. The van der Waals surface area contributed by atoms with E-state index in [-0.39, 0.29) is 33.1 Å². The number of aromatic amines is 1. The molecule has 1 fully saturated rings. The molecule has 0 unspecified atom stereocenters. The normalized spacial score (nSPS) is 16.1. The Labute approximate surface area is 391 Å². The topological polar surface area (TPSA) is 125 Å². The van der Waals surface area contributed by atoms with Crippen LogP contribution in [0.3, 0.4) is 0 Å². The molecule has 1 atom stereocenters. The third-order valence-electron chi connectivity index (χ3n) is 14.1. The quantitative estimate of drug-likeness (QED) is 0.0887. The average Bonchev–Trinajstić information content (AvgIpc) is 3.65. The SMILES string of the molecule is CC(C)(C)[Si](C)(C)Oc1ccc([C@H](CNCc2ccc3c(c2)CCN(CCN2CCC(OC(=O)Nc4ccccc4-c4ccccc4)CC2)C3=O)O[Si](C)(C)C(C)(C)C)c2sc(=O)[nH]c12. The number of amides is 2. The van der Waals surface area contributed by atoms with Gasteiger partial charge in [0, 0.05) is 62.5 Å². The number of carbonyl (C=O) groups is 2. The number of H-pyrrole nitrogens is 1. The minimum Gasteiger partial charge on any atom is -0.542 e. The van der Waals surface area contributed by atoms with E-state index in [0.29, 0.717) is 26.2 Å². The predicted octanol–water partition coefficient (Wildman–Crippen LogP) is 11.2. The fourth-order valence-electron chi connectivity index (χ4n) is 8.07. The Morgan fingerprint density at radius 3 is 2.23 bits per heavy atom. The summed E-state index contributed by atoms with van der Waals surface area (Å²) in [6.07, 6.45) is 1.43. The molecule has 2 aliphatic heterocycles. The number of thiazole rings is 1. The molecular weight excluding hydrogens is 867 g/mol. The summed E-state index contributed by atoms with van der Waals surface area (Å²) in [7, 11) is -4.40. The van der Waals surface area contributed by atoms with E-state index in [2.05, 4.69) is 106 Å². The summed E-state index contributed by atoms with van der Waals surface area (Å²) in [6, 6.07) is 28.1. The van der Waals surface area contributed by atoms with Gasteiger partial charge in [-0.15, -0.1) is 0 Å². The number of nitrogens with one attached hydrogen (secondary N) is 3. The lowest BCUT2D eigenvalue weighted by Crippen LogP contribution is -2.45. The second kappa shape index (κ2) is 19.7. The molecule has 1 aromatic heterocycles. The van der Waals surface area contributed by atoms with Gasteiger partial charge in [-0.1, -0.05) is 120 Å². The Bertz CT molecular complexity index is 2520. The predicted molar refractivity (Wildman–Crippen MR) is 270 cm³/mol. The second-order valence-electron chi connectivity index (χ2n) is 20.7. The van der Waals surface area contributed by atoms with Gasteiger partial charge in [0.2, 0.25) is 0 Å². The van der Waals surface area contributed by atoms with E-state index < -0.39 is 22.7 Å². The fourth-order valence-corrected chi connectivity index (χ4v) is 11.3. The van der Waals surface area contributed by atoms with E-state index in [1.54, 1.807) is 0 Å². The molecule has 2 amide bonds. The molecule has 348 valence electrons. The summed E-state index contributed by atoms with van der Waals surface area (Å²) in [5.41, 5.74) is 7.42. The summed E-state index contributed by atoms with van der Waals surface area (Å²) < 4.78 is 20.6. The number of para-hydroxylation sites is 1. The van der Waals surface area contributed by atoms with E-state index in [4.69, 9.17) is 13.6 Å². The molecule has 1 saturated heterocycles. The second-order valence-corrected chi connectivity index (χ2v) is 31.2. The zero-order chi connectivity index (χ0) is 46.7. The first-order chi connectivity index (χ1) is 30.7. The van der Waals surface area contributed by atoms with E-state index in [1.807, 2.05) is 71.6 Å². The van der Waals surface area contributed by atoms with Gasteiger partial charge < -0.3 is 33.7 Å². The van der Waals surface area contributed by atoms with Gasteiger partial charge in [0.1, 0.15) is 17.4 Å². The Hall–Kier alpha value is -4.58. The highest BCUT2D eigenvalue weighted by Crippen LogP contribution is 2.44. The van der Waals surface area contributed by atoms with Crippen LogP contribution in [-0.2, 0) is 22.1 Å². The van der Waals surface area contributed by atoms with Crippen molar-refractivity contribution in [3.63, 3.8) is 0 Å². The van der Waals surface area contributed by atoms with E-state index >= 15 is 0 Å². The fraction of sp³-hybridized carbons (Fsp3) is 0.471. The molecule has 2 aliphatic rings. The van der Waals surface area contributed by atoms with Gasteiger partial charge in [-0.3, -0.25) is 14.9 Å². The zero-order valence-electron chi connectivity index (χ0n) is 40.1. The van der Waals surface area contributed by atoms with Crippen LogP contribution in [0.1, 0.15) is 87.5 Å². The van der Waals surface area contributed by atoms with Crippen LogP contribution >= 0.6 is 11.3 Å². The summed E-state index contributed by atoms with van der Waals surface area (Å²) in [5, 5.41) is 6.65. The number of ether oxygens (including phenoxy) is 1. The molecule has 11 nitrogen and oxygen atoms in total. The number of anilines is 1. The number of carbonyl (C=O) groups excluding carboxylic acids is 2. The van der Waals surface area contributed by atoms with Crippen LogP contribution in [0.25, 0.3) is 21.3 Å². The lowest BCUT2D eigenvalue weighted by Gasteiger charge is -2.40. The minimum absolute atomic E-state index is 0.00643. The van der Waals surface area contributed by atoms with Crippen molar-refractivity contribution in [1.82, 2.24) is 20.1 Å². The summed E-state index contributed by atoms with van der Waals surface area (Å²) in [6.45, 7) is 27.3. The van der Waals surface area contributed by atoms with Gasteiger partial charge in [0.25, 0.3) is 14.2 Å². The Morgan fingerprint density at radius 1 is 0.831 bits per heavy atom. The van der Waals surface area contributed by atoms with Crippen molar-refractivity contribution in [2.75, 3.05) is 44.6 Å². The van der Waals surface area contributed by atoms with Crippen LogP contribution in [0, 0.1) is 0 Å². The first kappa shape index (κ1) is 48.4. The van der Waals surface area contributed by atoms with Crippen molar-refractivity contribution in [3.05, 3.63) is 117 Å². The first-order valence-corrected chi connectivity index (χ1v) is 29.8. The van der Waals surface area contributed by atoms with Crippen molar-refractivity contribution in [2.45, 2.75) is 116 Å². The summed E-state index contributed by atoms with van der Waals surface area (Å²) in [5.74, 6) is 0.806. The highest BCUT2D eigenvalue weighted by molar-refractivity contribution is 7.16. The lowest BCUT2D eigenvalue weighted by molar-refractivity contribution is 0.0517. The number of piperidine rings is 1. The third-order valence-corrected chi connectivity index (χ3v) is 23.8. The molecule has 0 saturated carbocycles. The van der Waals surface area contributed by atoms with Crippen LogP contribution in [0.15, 0.2) is 89.7 Å². The van der Waals surface area contributed by atoms with Crippen LogP contribution in [-0.4, -0.2) is 88.8 Å². The molecule has 65 heavy (non-hydrogen) atoms. The number of benzene rings is 4. The average molecular weight is 936 g/mol. The van der Waals surface area contributed by atoms with Crippen molar-refractivity contribution >= 4 is 55.9 Å². The van der Waals surface area contributed by atoms with Gasteiger partial charge >= 0.3 is 11.0 Å². The molecule has 4 aromatic carbocycles. The van der Waals surface area contributed by atoms with Gasteiger partial charge in [0.15, 0.2) is 8.32 Å². The van der Waals surface area contributed by atoms with Gasteiger partial charge in [-0.25, -0.2) is 4.79 Å². The standard InChI is InChI=1S/C51H69N5O6SSi2/c1-50(2,3)64(7,8)61-43-23-22-41(46-45(43)54-49(59)63-46)44(62-65(9,10)51(4,5)6)34-52-33-35-20-21-40-37(32-35)24-29-56(47(40)57)31-30-55-27-25-38(26-28-55)60-48(58)53-42-19-15-14-18-39(42)36-16-12-11-13-17-36/h11-23,32,38,44,52H,24-31,33-34H2,1-10H3,(H,53,58)(H,54,59)/t44-/m0/s1. The molecule has 0 bridgehead atoms. The Kier molecular flexibility index (Phi) is 14.7. The van der Waals surface area contributed by atoms with Crippen LogP contribution in [0.2, 0.25) is 36.3 Å². The highest BCUT2D eigenvalue weighted by atomic mass is 32.1. The highest BCUT2D eigenvalue weighted by Gasteiger charge is 2.41. The monoisotopic (exact) mass is 935 g/mol. The molecule has 3 heterocycles. The maximum absolute atomic E-state index is 13.8. The smallest absolute Gasteiger partial charge is 0.411 e. The van der Waals surface area contributed by atoms with Crippen LogP contribution < -0.4 is 19.9 Å². The minimum atomic E-state index is -2.24. The van der Waals surface area contributed by atoms with Crippen molar-refractivity contribution < 1.29 is 23.2 Å². The maximum Gasteiger partial charge on any atom is 0.411 e. The number of hydrogen-bond acceptors (Lipinski definition) is 9. The summed E-state index contributed by atoms with van der Waals surface area (Å²) in [4.78, 5) is 47.0. The molecule has 0 aliphatic carbocycles.